The summed E-state index contributed by atoms with van der Waals surface area (Å²) in [5.74, 6) is 0.346. The number of nitrogens with zero attached hydrogens (tertiary/aromatic N) is 8. The number of pyridine rings is 2. The predicted molar refractivity (Wildman–Crippen MR) is 177 cm³/mol. The Morgan fingerprint density at radius 3 is 2.45 bits per heavy atom. The van der Waals surface area contributed by atoms with Gasteiger partial charge in [-0.3, -0.25) is 9.69 Å². The Hall–Kier alpha value is -4.57. The number of aromatic nitrogens is 6. The van der Waals surface area contributed by atoms with E-state index >= 15 is 0 Å². The van der Waals surface area contributed by atoms with Crippen molar-refractivity contribution in [1.29, 1.82) is 0 Å². The number of hydrogen-bond donors (Lipinski definition) is 2. The lowest BCUT2D eigenvalue weighted by molar-refractivity contribution is -0.138. The van der Waals surface area contributed by atoms with E-state index in [2.05, 4.69) is 34.6 Å². The fourth-order valence-electron chi connectivity index (χ4n) is 6.55. The highest BCUT2D eigenvalue weighted by Gasteiger charge is 2.39. The van der Waals surface area contributed by atoms with Crippen LogP contribution in [0.1, 0.15) is 38.2 Å². The lowest BCUT2D eigenvalue weighted by Crippen LogP contribution is -2.47. The van der Waals surface area contributed by atoms with Crippen molar-refractivity contribution >= 4 is 28.6 Å². The van der Waals surface area contributed by atoms with Gasteiger partial charge < -0.3 is 29.4 Å². The zero-order valence-electron chi connectivity index (χ0n) is 27.8. The van der Waals surface area contributed by atoms with E-state index in [1.54, 1.807) is 32.5 Å². The van der Waals surface area contributed by atoms with Crippen molar-refractivity contribution in [2.24, 2.45) is 5.41 Å². The van der Waals surface area contributed by atoms with Crippen molar-refractivity contribution in [2.45, 2.75) is 38.8 Å². The van der Waals surface area contributed by atoms with Crippen molar-refractivity contribution in [2.75, 3.05) is 76.4 Å². The van der Waals surface area contributed by atoms with Crippen LogP contribution in [-0.2, 0) is 15.7 Å². The first kappa shape index (κ1) is 34.3. The summed E-state index contributed by atoms with van der Waals surface area (Å²) in [6, 6.07) is 2.76. The number of alkyl halides is 3. The molecular weight excluding hydrogens is 643 g/mol. The van der Waals surface area contributed by atoms with E-state index in [-0.39, 0.29) is 35.6 Å². The molecule has 4 aromatic heterocycles. The van der Waals surface area contributed by atoms with E-state index in [1.807, 2.05) is 7.05 Å². The number of rotatable bonds is 13. The Morgan fingerprint density at radius 2 is 1.84 bits per heavy atom. The second-order valence-corrected chi connectivity index (χ2v) is 12.7. The Labute approximate surface area is 281 Å². The minimum absolute atomic E-state index is 0.0423. The molecule has 1 saturated heterocycles. The predicted octanol–water partition coefficient (Wildman–Crippen LogP) is 4.74. The minimum Gasteiger partial charge on any atom is -0.481 e. The van der Waals surface area contributed by atoms with Gasteiger partial charge in [0.1, 0.15) is 17.0 Å². The molecule has 4 aromatic rings. The molecule has 0 atom stereocenters. The fourth-order valence-corrected chi connectivity index (χ4v) is 6.55. The molecule has 1 saturated carbocycles. The molecule has 0 amide bonds. The van der Waals surface area contributed by atoms with Crippen LogP contribution >= 0.6 is 0 Å². The topological polar surface area (TPSA) is 146 Å². The van der Waals surface area contributed by atoms with Crippen LogP contribution in [0.3, 0.4) is 0 Å². The number of imidazole rings is 1. The first-order chi connectivity index (χ1) is 23.5. The first-order valence-corrected chi connectivity index (χ1v) is 16.3. The largest absolute Gasteiger partial charge is 0.481 e. The highest BCUT2D eigenvalue weighted by molar-refractivity contribution is 5.91. The van der Waals surface area contributed by atoms with Crippen LogP contribution in [0.5, 0.6) is 5.88 Å². The summed E-state index contributed by atoms with van der Waals surface area (Å²) in [5.41, 5.74) is 1.48. The summed E-state index contributed by atoms with van der Waals surface area (Å²) in [6.07, 6.45) is 2.68. The summed E-state index contributed by atoms with van der Waals surface area (Å²) >= 11 is 0. The van der Waals surface area contributed by atoms with Crippen molar-refractivity contribution in [3.05, 3.63) is 36.3 Å². The molecule has 49 heavy (non-hydrogen) atoms. The Balaban J connectivity index is 1.34. The number of carboxylic acid groups (broad SMARTS) is 1. The average Bonchev–Trinajstić information content (AvgIpc) is 3.50. The molecule has 6 rings (SSSR count). The number of H-pyrrole nitrogens is 1. The third kappa shape index (κ3) is 7.54. The Bertz CT molecular complexity index is 1770. The fraction of sp³-hybridized carbons (Fsp3) is 0.515. The van der Waals surface area contributed by atoms with Crippen molar-refractivity contribution in [3.63, 3.8) is 0 Å². The first-order valence-electron chi connectivity index (χ1n) is 16.3. The van der Waals surface area contributed by atoms with Gasteiger partial charge in [0.2, 0.25) is 5.88 Å². The molecule has 5 heterocycles. The van der Waals surface area contributed by atoms with Crippen LogP contribution in [0.15, 0.2) is 30.7 Å². The number of hydrogen-bond acceptors (Lipinski definition) is 11. The summed E-state index contributed by atoms with van der Waals surface area (Å²) in [7, 11) is 3.63. The number of halogens is 3. The van der Waals surface area contributed by atoms with E-state index in [1.165, 1.54) is 0 Å². The van der Waals surface area contributed by atoms with Crippen molar-refractivity contribution < 1.29 is 32.5 Å². The van der Waals surface area contributed by atoms with Gasteiger partial charge in [0.15, 0.2) is 11.5 Å². The maximum atomic E-state index is 13.8. The standard InChI is InChI=1S/C33H40F3N9O4/c1-4-49-31-22(14-21(16-39-31)33(34,35)36)23-15-25(43(2)19-32(20-48-3)7-5-8-32)28-30(40-23)42-29(41-28)24-17-38-26(18-37-24)45-12-10-44(11-13-45)9-6-27(46)47/h14-18H,4-13,19-20H2,1-3H3,(H,46,47)(H,40,41,42). The highest BCUT2D eigenvalue weighted by atomic mass is 19.4. The number of anilines is 2. The number of carboxylic acids is 1. The lowest BCUT2D eigenvalue weighted by Gasteiger charge is -2.44. The van der Waals surface area contributed by atoms with Gasteiger partial charge in [0.05, 0.1) is 54.5 Å². The van der Waals surface area contributed by atoms with E-state index in [0.29, 0.717) is 67.0 Å². The van der Waals surface area contributed by atoms with Gasteiger partial charge in [-0.25, -0.2) is 24.9 Å². The van der Waals surface area contributed by atoms with Crippen LogP contribution in [0.2, 0.25) is 0 Å². The zero-order chi connectivity index (χ0) is 34.8. The maximum absolute atomic E-state index is 13.8. The number of aromatic amines is 1. The third-order valence-electron chi connectivity index (χ3n) is 9.24. The van der Waals surface area contributed by atoms with Crippen LogP contribution in [0, 0.1) is 5.41 Å². The smallest absolute Gasteiger partial charge is 0.417 e. The van der Waals surface area contributed by atoms with Crippen LogP contribution in [0.25, 0.3) is 33.9 Å². The van der Waals surface area contributed by atoms with Crippen LogP contribution < -0.4 is 14.5 Å². The normalized spacial score (nSPS) is 16.5. The number of piperazine rings is 1. The van der Waals surface area contributed by atoms with Gasteiger partial charge in [0.25, 0.3) is 0 Å². The van der Waals surface area contributed by atoms with Crippen molar-refractivity contribution in [1.82, 2.24) is 34.8 Å². The molecule has 1 aliphatic heterocycles. The maximum Gasteiger partial charge on any atom is 0.417 e. The second kappa shape index (κ2) is 14.1. The molecule has 0 unspecified atom stereocenters. The van der Waals surface area contributed by atoms with Gasteiger partial charge in [0, 0.05) is 65.0 Å². The minimum atomic E-state index is -4.61. The molecule has 1 aliphatic carbocycles. The van der Waals surface area contributed by atoms with Gasteiger partial charge in [-0.15, -0.1) is 0 Å². The van der Waals surface area contributed by atoms with E-state index in [4.69, 9.17) is 24.5 Å². The molecule has 13 nitrogen and oxygen atoms in total. The molecule has 262 valence electrons. The van der Waals surface area contributed by atoms with E-state index in [9.17, 15) is 18.0 Å². The van der Waals surface area contributed by atoms with E-state index in [0.717, 1.165) is 44.6 Å². The van der Waals surface area contributed by atoms with Gasteiger partial charge in [-0.1, -0.05) is 6.42 Å². The van der Waals surface area contributed by atoms with Gasteiger partial charge >= 0.3 is 12.1 Å². The quantitative estimate of drug-likeness (QED) is 0.201. The summed E-state index contributed by atoms with van der Waals surface area (Å²) in [5, 5.41) is 8.97. The van der Waals surface area contributed by atoms with Gasteiger partial charge in [-0.2, -0.15) is 13.2 Å². The monoisotopic (exact) mass is 683 g/mol. The lowest BCUT2D eigenvalue weighted by atomic mass is 9.69. The molecule has 0 aromatic carbocycles. The molecule has 2 N–H and O–H groups in total. The average molecular weight is 684 g/mol. The summed E-state index contributed by atoms with van der Waals surface area (Å²) in [6.45, 7) is 6.55. The number of ether oxygens (including phenoxy) is 2. The van der Waals surface area contributed by atoms with Crippen LogP contribution in [-0.4, -0.2) is 113 Å². The molecule has 2 aliphatic rings. The SMILES string of the molecule is CCOc1ncc(C(F)(F)F)cc1-c1cc(N(C)CC2(COC)CCC2)c2[nH]c(-c3cnc(N4CCN(CCC(=O)O)CC4)cn3)nc2n1. The van der Waals surface area contributed by atoms with Crippen LogP contribution in [0.4, 0.5) is 24.7 Å². The molecule has 16 heteroatoms. The number of methoxy groups -OCH3 is 1. The molecule has 2 fully saturated rings. The number of nitrogens with one attached hydrogen (secondary N) is 1. The Morgan fingerprint density at radius 1 is 1.06 bits per heavy atom. The second-order valence-electron chi connectivity index (χ2n) is 12.7. The molecular formula is C33H40F3N9O4. The van der Waals surface area contributed by atoms with Crippen molar-refractivity contribution in [3.8, 4) is 28.7 Å². The summed E-state index contributed by atoms with van der Waals surface area (Å²) in [4.78, 5) is 43.3. The molecule has 0 bridgehead atoms. The van der Waals surface area contributed by atoms with E-state index < -0.39 is 17.7 Å². The Kier molecular flexibility index (Phi) is 9.88. The number of aliphatic carboxylic acids is 1. The highest BCUT2D eigenvalue weighted by Crippen LogP contribution is 2.44. The number of fused-ring (bicyclic) bond motifs is 1. The molecule has 0 spiro atoms. The summed E-state index contributed by atoms with van der Waals surface area (Å²) < 4.78 is 52.6. The van der Waals surface area contributed by atoms with Gasteiger partial charge in [-0.05, 0) is 31.9 Å². The zero-order valence-corrected chi connectivity index (χ0v) is 27.8. The third-order valence-corrected chi connectivity index (χ3v) is 9.24. The molecule has 0 radical (unpaired) electrons. The number of carbonyl (C=O) groups is 1.